The minimum absolute atomic E-state index is 0.0250. The average molecular weight is 471 g/mol. The van der Waals surface area contributed by atoms with Crippen LogP contribution in [0.2, 0.25) is 10.0 Å². The molecule has 1 amide bonds. The fourth-order valence-corrected chi connectivity index (χ4v) is 5.10. The van der Waals surface area contributed by atoms with E-state index in [4.69, 9.17) is 37.4 Å². The molecule has 3 aliphatic rings. The lowest BCUT2D eigenvalue weighted by molar-refractivity contribution is -0.0136. The first-order valence-corrected chi connectivity index (χ1v) is 12.1. The van der Waals surface area contributed by atoms with Crippen LogP contribution in [0, 0.1) is 5.92 Å². The van der Waals surface area contributed by atoms with Gasteiger partial charge >= 0.3 is 6.09 Å². The topological polar surface area (TPSA) is 51.2 Å². The smallest absolute Gasteiger partial charge is 0.409 e. The second-order valence-electron chi connectivity index (χ2n) is 8.97. The number of rotatable bonds is 7. The highest BCUT2D eigenvalue weighted by molar-refractivity contribution is 6.36. The van der Waals surface area contributed by atoms with Gasteiger partial charge in [-0.25, -0.2) is 4.79 Å². The highest BCUT2D eigenvalue weighted by atomic mass is 35.5. The van der Waals surface area contributed by atoms with Crippen LogP contribution in [0.1, 0.15) is 44.1 Å². The summed E-state index contributed by atoms with van der Waals surface area (Å²) in [5.41, 5.74) is 0.953. The summed E-state index contributed by atoms with van der Waals surface area (Å²) in [5, 5.41) is 1.32. The molecule has 0 unspecified atom stereocenters. The summed E-state index contributed by atoms with van der Waals surface area (Å²) in [7, 11) is 1.80. The summed E-state index contributed by atoms with van der Waals surface area (Å²) in [6, 6.07) is 3.74. The molecule has 1 aromatic rings. The van der Waals surface area contributed by atoms with E-state index in [2.05, 4.69) is 4.90 Å². The van der Waals surface area contributed by atoms with Crippen molar-refractivity contribution in [1.29, 1.82) is 0 Å². The van der Waals surface area contributed by atoms with E-state index < -0.39 is 0 Å². The first-order chi connectivity index (χ1) is 15.0. The van der Waals surface area contributed by atoms with Crippen molar-refractivity contribution in [1.82, 2.24) is 9.80 Å². The Bertz CT molecular complexity index is 760. The molecular weight excluding hydrogens is 439 g/mol. The molecule has 0 bridgehead atoms. The lowest BCUT2D eigenvalue weighted by Gasteiger charge is -2.38. The minimum Gasteiger partial charge on any atom is -0.489 e. The maximum Gasteiger partial charge on any atom is 0.409 e. The molecule has 0 radical (unpaired) electrons. The van der Waals surface area contributed by atoms with Gasteiger partial charge in [0.05, 0.1) is 24.3 Å². The fourth-order valence-electron chi connectivity index (χ4n) is 4.56. The van der Waals surface area contributed by atoms with E-state index in [1.54, 1.807) is 11.9 Å². The van der Waals surface area contributed by atoms with Crippen LogP contribution in [-0.4, -0.2) is 68.0 Å². The largest absolute Gasteiger partial charge is 0.489 e. The molecule has 3 fully saturated rings. The van der Waals surface area contributed by atoms with Crippen LogP contribution in [0.25, 0.3) is 0 Å². The summed E-state index contributed by atoms with van der Waals surface area (Å²) < 4.78 is 17.1. The van der Waals surface area contributed by atoms with Crippen molar-refractivity contribution in [2.75, 3.05) is 39.9 Å². The maximum atomic E-state index is 12.3. The first-order valence-electron chi connectivity index (χ1n) is 11.3. The van der Waals surface area contributed by atoms with E-state index >= 15 is 0 Å². The van der Waals surface area contributed by atoms with Gasteiger partial charge in [-0.05, 0) is 56.8 Å². The van der Waals surface area contributed by atoms with Gasteiger partial charge in [-0.2, -0.15) is 0 Å². The van der Waals surface area contributed by atoms with E-state index in [-0.39, 0.29) is 18.3 Å². The Morgan fingerprint density at radius 1 is 1.16 bits per heavy atom. The van der Waals surface area contributed by atoms with Gasteiger partial charge in [0, 0.05) is 43.6 Å². The van der Waals surface area contributed by atoms with E-state index in [0.717, 1.165) is 50.9 Å². The summed E-state index contributed by atoms with van der Waals surface area (Å²) in [6.07, 6.45) is 5.65. The molecule has 0 aromatic heterocycles. The van der Waals surface area contributed by atoms with Gasteiger partial charge < -0.3 is 19.1 Å². The van der Waals surface area contributed by atoms with Gasteiger partial charge in [-0.3, -0.25) is 4.90 Å². The lowest BCUT2D eigenvalue weighted by Crippen LogP contribution is -2.43. The Kier molecular flexibility index (Phi) is 7.86. The summed E-state index contributed by atoms with van der Waals surface area (Å²) >= 11 is 13.1. The van der Waals surface area contributed by atoms with Crippen LogP contribution < -0.4 is 4.74 Å². The predicted octanol–water partition coefficient (Wildman–Crippen LogP) is 4.99. The number of hydrogen-bond donors (Lipinski definition) is 0. The highest BCUT2D eigenvalue weighted by Gasteiger charge is 2.34. The van der Waals surface area contributed by atoms with Crippen molar-refractivity contribution in [2.24, 2.45) is 5.92 Å². The van der Waals surface area contributed by atoms with Gasteiger partial charge in [0.1, 0.15) is 11.9 Å². The zero-order valence-electron chi connectivity index (χ0n) is 18.2. The molecule has 0 spiro atoms. The predicted molar refractivity (Wildman–Crippen MR) is 121 cm³/mol. The number of amides is 1. The zero-order valence-corrected chi connectivity index (χ0v) is 19.7. The summed E-state index contributed by atoms with van der Waals surface area (Å²) in [4.78, 5) is 16.4. The molecule has 2 aliphatic heterocycles. The Morgan fingerprint density at radius 3 is 2.58 bits per heavy atom. The van der Waals surface area contributed by atoms with Crippen LogP contribution in [0.3, 0.4) is 0 Å². The number of nitrogens with zero attached hydrogens (tertiary/aromatic N) is 2. The molecule has 31 heavy (non-hydrogen) atoms. The zero-order chi connectivity index (χ0) is 21.8. The summed E-state index contributed by atoms with van der Waals surface area (Å²) in [6.45, 7) is 4.95. The van der Waals surface area contributed by atoms with Crippen LogP contribution in [0.5, 0.6) is 5.75 Å². The third-order valence-corrected chi connectivity index (χ3v) is 7.27. The third kappa shape index (κ3) is 5.98. The van der Waals surface area contributed by atoms with Crippen LogP contribution >= 0.6 is 23.2 Å². The van der Waals surface area contributed by atoms with Gasteiger partial charge in [0.15, 0.2) is 0 Å². The monoisotopic (exact) mass is 470 g/mol. The van der Waals surface area contributed by atoms with Crippen molar-refractivity contribution >= 4 is 29.3 Å². The Morgan fingerprint density at radius 2 is 1.87 bits per heavy atom. The van der Waals surface area contributed by atoms with Crippen molar-refractivity contribution in [3.8, 4) is 5.75 Å². The molecule has 6 nitrogen and oxygen atoms in total. The van der Waals surface area contributed by atoms with Gasteiger partial charge in [-0.1, -0.05) is 23.2 Å². The Hall–Kier alpha value is -1.21. The number of likely N-dealkylation sites (tertiary alicyclic amines) is 1. The third-order valence-electron chi connectivity index (χ3n) is 6.50. The van der Waals surface area contributed by atoms with E-state index in [1.807, 2.05) is 12.1 Å². The second kappa shape index (κ2) is 10.6. The second-order valence-corrected chi connectivity index (χ2v) is 9.76. The minimum atomic E-state index is -0.247. The number of carbonyl (C=O) groups is 1. The molecule has 1 aliphatic carbocycles. The molecule has 1 aromatic carbocycles. The van der Waals surface area contributed by atoms with Crippen molar-refractivity contribution in [3.05, 3.63) is 27.7 Å². The van der Waals surface area contributed by atoms with Crippen LogP contribution in [-0.2, 0) is 16.0 Å². The van der Waals surface area contributed by atoms with Gasteiger partial charge in [-0.15, -0.1) is 0 Å². The van der Waals surface area contributed by atoms with Crippen molar-refractivity contribution in [2.45, 2.75) is 57.3 Å². The Balaban J connectivity index is 1.23. The molecular formula is C23H32Cl2N2O4. The number of benzene rings is 1. The van der Waals surface area contributed by atoms with E-state index in [9.17, 15) is 4.79 Å². The number of carbonyl (C=O) groups excluding carboxylic acids is 1. The molecule has 0 N–H and O–H groups in total. The summed E-state index contributed by atoms with van der Waals surface area (Å²) in [5.74, 6) is 1.11. The lowest BCUT2D eigenvalue weighted by atomic mass is 9.82. The quantitative estimate of drug-likeness (QED) is 0.561. The molecule has 8 heteroatoms. The normalized spacial score (nSPS) is 24.6. The number of hydrogen-bond acceptors (Lipinski definition) is 5. The standard InChI is InChI=1S/C23H32Cl2N2O4/c1-26(23(28)31-17-6-10-29-11-7-17)14-16-12-18(13-16)30-21-5-4-20(24)19(22(21)25)15-27-8-2-3-9-27/h4-5,16-18H,2-3,6-15H2,1H3. The molecule has 2 heterocycles. The molecule has 4 rings (SSSR count). The molecule has 172 valence electrons. The van der Waals surface area contributed by atoms with Gasteiger partial charge in [0.2, 0.25) is 0 Å². The van der Waals surface area contributed by atoms with Crippen molar-refractivity contribution in [3.63, 3.8) is 0 Å². The van der Waals surface area contributed by atoms with E-state index in [1.165, 1.54) is 12.8 Å². The van der Waals surface area contributed by atoms with Crippen molar-refractivity contribution < 1.29 is 19.0 Å². The molecule has 0 atom stereocenters. The highest BCUT2D eigenvalue weighted by Crippen LogP contribution is 2.39. The number of halogens is 2. The first kappa shape index (κ1) is 23.0. The molecule has 1 saturated carbocycles. The number of ether oxygens (including phenoxy) is 3. The average Bonchev–Trinajstić information content (AvgIpc) is 3.25. The van der Waals surface area contributed by atoms with Gasteiger partial charge in [0.25, 0.3) is 0 Å². The van der Waals surface area contributed by atoms with Crippen LogP contribution in [0.15, 0.2) is 12.1 Å². The van der Waals surface area contributed by atoms with Crippen LogP contribution in [0.4, 0.5) is 4.79 Å². The fraction of sp³-hybridized carbons (Fsp3) is 0.696. The maximum absolute atomic E-state index is 12.3. The van der Waals surface area contributed by atoms with E-state index in [0.29, 0.717) is 41.5 Å². The Labute approximate surface area is 194 Å². The molecule has 2 saturated heterocycles. The SMILES string of the molecule is CN(CC1CC(Oc2ccc(Cl)c(CN3CCCC3)c2Cl)C1)C(=O)OC1CCOCC1.